The summed E-state index contributed by atoms with van der Waals surface area (Å²) in [6, 6.07) is 13.4. The molecule has 2 heterocycles. The van der Waals surface area contributed by atoms with E-state index in [1.54, 1.807) is 20.4 Å². The van der Waals surface area contributed by atoms with Crippen molar-refractivity contribution in [1.82, 2.24) is 4.98 Å². The molecule has 0 saturated carbocycles. The Kier molecular flexibility index (Phi) is 5.06. The quantitative estimate of drug-likeness (QED) is 0.727. The predicted molar refractivity (Wildman–Crippen MR) is 99.5 cm³/mol. The first-order chi connectivity index (χ1) is 12.1. The van der Waals surface area contributed by atoms with E-state index in [4.69, 9.17) is 9.47 Å². The van der Waals surface area contributed by atoms with Gasteiger partial charge in [-0.3, -0.25) is 4.98 Å². The van der Waals surface area contributed by atoms with Gasteiger partial charge in [0, 0.05) is 28.8 Å². The summed E-state index contributed by atoms with van der Waals surface area (Å²) < 4.78 is 11.1. The van der Waals surface area contributed by atoms with Crippen LogP contribution in [0.5, 0.6) is 11.5 Å². The van der Waals surface area contributed by atoms with Crippen molar-refractivity contribution >= 4 is 11.3 Å². The van der Waals surface area contributed by atoms with Crippen LogP contribution >= 0.6 is 11.3 Å². The minimum atomic E-state index is -1.26. The van der Waals surface area contributed by atoms with Gasteiger partial charge < -0.3 is 14.6 Å². The molecule has 0 aliphatic rings. The highest BCUT2D eigenvalue weighted by Gasteiger charge is 2.37. The van der Waals surface area contributed by atoms with Crippen LogP contribution in [0, 0.1) is 6.92 Å². The number of nitrogens with zero attached hydrogens (tertiary/aromatic N) is 1. The number of thiophene rings is 1. The van der Waals surface area contributed by atoms with E-state index in [0.29, 0.717) is 23.5 Å². The number of aromatic nitrogens is 1. The predicted octanol–water partition coefficient (Wildman–Crippen LogP) is 3.95. The molecule has 0 aliphatic carbocycles. The molecule has 0 spiro atoms. The third-order valence-corrected chi connectivity index (χ3v) is 5.18. The van der Waals surface area contributed by atoms with Gasteiger partial charge >= 0.3 is 0 Å². The van der Waals surface area contributed by atoms with Gasteiger partial charge in [-0.2, -0.15) is 0 Å². The minimum absolute atomic E-state index is 0.345. The van der Waals surface area contributed by atoms with E-state index >= 15 is 0 Å². The summed E-state index contributed by atoms with van der Waals surface area (Å²) in [7, 11) is 3.19. The molecule has 0 aliphatic heterocycles. The Labute approximate surface area is 151 Å². The van der Waals surface area contributed by atoms with Crippen LogP contribution in [0.2, 0.25) is 0 Å². The summed E-state index contributed by atoms with van der Waals surface area (Å²) >= 11 is 1.51. The number of hydrogen-bond acceptors (Lipinski definition) is 5. The Balaban J connectivity index is 2.21. The van der Waals surface area contributed by atoms with E-state index in [9.17, 15) is 5.11 Å². The zero-order valence-corrected chi connectivity index (χ0v) is 15.3. The fraction of sp³-hybridized carbons (Fsp3) is 0.250. The molecule has 1 unspecified atom stereocenters. The number of rotatable bonds is 6. The third kappa shape index (κ3) is 3.38. The number of aryl methyl sites for hydroxylation is 1. The normalized spacial score (nSPS) is 13.3. The molecule has 0 radical (unpaired) electrons. The summed E-state index contributed by atoms with van der Waals surface area (Å²) in [5, 5.41) is 13.7. The van der Waals surface area contributed by atoms with E-state index in [1.165, 1.54) is 11.3 Å². The smallest absolute Gasteiger partial charge is 0.167 e. The second kappa shape index (κ2) is 7.25. The fourth-order valence-electron chi connectivity index (χ4n) is 3.00. The Hall–Kier alpha value is -2.37. The van der Waals surface area contributed by atoms with Crippen LogP contribution in [0.4, 0.5) is 0 Å². The standard InChI is InChI=1S/C20H21NO3S/c1-14-11-16(19(24-3)17(12-14)23-2)20(22,18-8-6-10-25-18)13-15-7-4-5-9-21-15/h4-12,22H,13H2,1-3H3. The molecule has 2 aromatic heterocycles. The van der Waals surface area contributed by atoms with Crippen LogP contribution in [-0.2, 0) is 12.0 Å². The third-order valence-electron chi connectivity index (χ3n) is 4.16. The van der Waals surface area contributed by atoms with Gasteiger partial charge in [0.15, 0.2) is 11.5 Å². The van der Waals surface area contributed by atoms with Gasteiger partial charge in [0.05, 0.1) is 14.2 Å². The molecule has 1 N–H and O–H groups in total. The van der Waals surface area contributed by atoms with Crippen LogP contribution in [0.15, 0.2) is 54.0 Å². The zero-order chi connectivity index (χ0) is 17.9. The molecule has 0 amide bonds. The van der Waals surface area contributed by atoms with E-state index in [-0.39, 0.29) is 0 Å². The van der Waals surface area contributed by atoms with Gasteiger partial charge in [0.1, 0.15) is 5.60 Å². The maximum Gasteiger partial charge on any atom is 0.167 e. The number of ether oxygens (including phenoxy) is 2. The average Bonchev–Trinajstić information content (AvgIpc) is 3.17. The first-order valence-electron chi connectivity index (χ1n) is 7.98. The lowest BCUT2D eigenvalue weighted by molar-refractivity contribution is 0.0804. The van der Waals surface area contributed by atoms with Gasteiger partial charge in [0.25, 0.3) is 0 Å². The van der Waals surface area contributed by atoms with Crippen molar-refractivity contribution in [2.75, 3.05) is 14.2 Å². The van der Waals surface area contributed by atoms with Crippen molar-refractivity contribution in [3.05, 3.63) is 75.7 Å². The monoisotopic (exact) mass is 355 g/mol. The van der Waals surface area contributed by atoms with Crippen molar-refractivity contribution in [1.29, 1.82) is 0 Å². The van der Waals surface area contributed by atoms with Gasteiger partial charge in [-0.25, -0.2) is 0 Å². The second-order valence-electron chi connectivity index (χ2n) is 5.88. The molecule has 25 heavy (non-hydrogen) atoms. The van der Waals surface area contributed by atoms with Gasteiger partial charge in [0.2, 0.25) is 0 Å². The summed E-state index contributed by atoms with van der Waals surface area (Å²) in [5.74, 6) is 1.15. The summed E-state index contributed by atoms with van der Waals surface area (Å²) in [5.41, 5.74) is 1.22. The average molecular weight is 355 g/mol. The van der Waals surface area contributed by atoms with E-state index in [1.807, 2.05) is 54.8 Å². The van der Waals surface area contributed by atoms with Crippen molar-refractivity contribution in [2.45, 2.75) is 18.9 Å². The summed E-state index contributed by atoms with van der Waals surface area (Å²) in [6.45, 7) is 1.97. The highest BCUT2D eigenvalue weighted by Crippen LogP contribution is 2.44. The van der Waals surface area contributed by atoms with E-state index < -0.39 is 5.60 Å². The Morgan fingerprint density at radius 3 is 2.56 bits per heavy atom. The minimum Gasteiger partial charge on any atom is -0.493 e. The number of methoxy groups -OCH3 is 2. The number of pyridine rings is 1. The SMILES string of the molecule is COc1cc(C)cc(C(O)(Cc2ccccn2)c2cccs2)c1OC. The molecular formula is C20H21NO3S. The van der Waals surface area contributed by atoms with E-state index in [0.717, 1.165) is 16.1 Å². The summed E-state index contributed by atoms with van der Waals surface area (Å²) in [6.07, 6.45) is 2.08. The number of aliphatic hydroxyl groups is 1. The molecule has 4 nitrogen and oxygen atoms in total. The number of benzene rings is 1. The fourth-order valence-corrected chi connectivity index (χ4v) is 3.84. The van der Waals surface area contributed by atoms with E-state index in [2.05, 4.69) is 4.98 Å². The van der Waals surface area contributed by atoms with Crippen molar-refractivity contribution < 1.29 is 14.6 Å². The molecule has 130 valence electrons. The maximum absolute atomic E-state index is 11.8. The lowest BCUT2D eigenvalue weighted by Crippen LogP contribution is -2.30. The van der Waals surface area contributed by atoms with Crippen LogP contribution < -0.4 is 9.47 Å². The Morgan fingerprint density at radius 1 is 1.12 bits per heavy atom. The van der Waals surface area contributed by atoms with Crippen LogP contribution in [0.3, 0.4) is 0 Å². The first-order valence-corrected chi connectivity index (χ1v) is 8.86. The Bertz CT molecular complexity index is 834. The second-order valence-corrected chi connectivity index (χ2v) is 6.83. The largest absolute Gasteiger partial charge is 0.493 e. The van der Waals surface area contributed by atoms with Crippen LogP contribution in [-0.4, -0.2) is 24.3 Å². The highest BCUT2D eigenvalue weighted by molar-refractivity contribution is 7.10. The maximum atomic E-state index is 11.8. The molecule has 3 rings (SSSR count). The molecule has 0 bridgehead atoms. The molecule has 0 saturated heterocycles. The zero-order valence-electron chi connectivity index (χ0n) is 14.5. The van der Waals surface area contributed by atoms with Gasteiger partial charge in [-0.1, -0.05) is 12.1 Å². The lowest BCUT2D eigenvalue weighted by Gasteiger charge is -2.30. The van der Waals surface area contributed by atoms with Gasteiger partial charge in [-0.15, -0.1) is 11.3 Å². The molecule has 0 fully saturated rings. The lowest BCUT2D eigenvalue weighted by atomic mass is 9.85. The Morgan fingerprint density at radius 2 is 1.96 bits per heavy atom. The molecule has 1 aromatic carbocycles. The number of hydrogen-bond donors (Lipinski definition) is 1. The molecule has 1 atom stereocenters. The molecule has 3 aromatic rings. The van der Waals surface area contributed by atoms with Crippen molar-refractivity contribution in [2.24, 2.45) is 0 Å². The molecular weight excluding hydrogens is 334 g/mol. The van der Waals surface area contributed by atoms with Crippen molar-refractivity contribution in [3.8, 4) is 11.5 Å². The van der Waals surface area contributed by atoms with Gasteiger partial charge in [-0.05, 0) is 48.2 Å². The first kappa shape index (κ1) is 17.5. The van der Waals surface area contributed by atoms with Crippen molar-refractivity contribution in [3.63, 3.8) is 0 Å². The summed E-state index contributed by atoms with van der Waals surface area (Å²) in [4.78, 5) is 5.23. The highest BCUT2D eigenvalue weighted by atomic mass is 32.1. The van der Waals surface area contributed by atoms with Crippen LogP contribution in [0.1, 0.15) is 21.7 Å². The topological polar surface area (TPSA) is 51.6 Å². The molecule has 5 heteroatoms. The van der Waals surface area contributed by atoms with Crippen LogP contribution in [0.25, 0.3) is 0 Å².